The van der Waals surface area contributed by atoms with E-state index in [9.17, 15) is 9.18 Å². The average molecular weight is 313 g/mol. The molecule has 0 saturated carbocycles. The maximum absolute atomic E-state index is 13.0. The van der Waals surface area contributed by atoms with E-state index < -0.39 is 23.6 Å². The van der Waals surface area contributed by atoms with Crippen LogP contribution in [0.25, 0.3) is 0 Å². The van der Waals surface area contributed by atoms with Crippen LogP contribution in [0.15, 0.2) is 22.7 Å². The van der Waals surface area contributed by atoms with Crippen LogP contribution in [-0.2, 0) is 11.2 Å². The second kappa shape index (κ2) is 6.22. The van der Waals surface area contributed by atoms with Gasteiger partial charge < -0.3 is 9.63 Å². The van der Waals surface area contributed by atoms with Crippen molar-refractivity contribution in [3.05, 3.63) is 46.3 Å². The first-order valence-corrected chi connectivity index (χ1v) is 6.75. The number of carboxylic acids is 1. The zero-order valence-corrected chi connectivity index (χ0v) is 12.3. The summed E-state index contributed by atoms with van der Waals surface area (Å²) in [7, 11) is 0. The van der Waals surface area contributed by atoms with Crippen molar-refractivity contribution in [1.29, 1.82) is 0 Å². The van der Waals surface area contributed by atoms with Gasteiger partial charge in [0.05, 0.1) is 5.92 Å². The molecule has 5 nitrogen and oxygen atoms in total. The van der Waals surface area contributed by atoms with Gasteiger partial charge in [0.15, 0.2) is 5.82 Å². The molecule has 112 valence electrons. The van der Waals surface area contributed by atoms with Crippen molar-refractivity contribution in [1.82, 2.24) is 10.1 Å². The smallest absolute Gasteiger partial charge is 0.307 e. The van der Waals surface area contributed by atoms with Gasteiger partial charge in [-0.25, -0.2) is 4.39 Å². The number of aromatic nitrogens is 2. The second-order valence-electron chi connectivity index (χ2n) is 4.88. The predicted octanol–water partition coefficient (Wildman–Crippen LogP) is 3.28. The van der Waals surface area contributed by atoms with Gasteiger partial charge in [-0.3, -0.25) is 4.79 Å². The van der Waals surface area contributed by atoms with Gasteiger partial charge in [0.1, 0.15) is 5.82 Å². The fraction of sp³-hybridized carbons (Fsp3) is 0.357. The number of carbonyl (C=O) groups is 1. The van der Waals surface area contributed by atoms with E-state index in [0.717, 1.165) is 0 Å². The number of halogens is 2. The number of hydrogen-bond donors (Lipinski definition) is 1. The van der Waals surface area contributed by atoms with Crippen molar-refractivity contribution >= 4 is 17.6 Å². The Labute approximate surface area is 125 Å². The van der Waals surface area contributed by atoms with E-state index >= 15 is 0 Å². The van der Waals surface area contributed by atoms with Crippen LogP contribution < -0.4 is 0 Å². The average Bonchev–Trinajstić information content (AvgIpc) is 2.88. The lowest BCUT2D eigenvalue weighted by Crippen LogP contribution is -2.16. The van der Waals surface area contributed by atoms with E-state index in [2.05, 4.69) is 10.1 Å². The fourth-order valence-electron chi connectivity index (χ4n) is 1.79. The van der Waals surface area contributed by atoms with E-state index in [-0.39, 0.29) is 17.3 Å². The van der Waals surface area contributed by atoms with Gasteiger partial charge in [-0.2, -0.15) is 4.98 Å². The maximum atomic E-state index is 13.0. The monoisotopic (exact) mass is 312 g/mol. The lowest BCUT2D eigenvalue weighted by Gasteiger charge is -2.10. The topological polar surface area (TPSA) is 76.2 Å². The summed E-state index contributed by atoms with van der Waals surface area (Å²) in [5.74, 6) is -1.73. The number of benzene rings is 1. The van der Waals surface area contributed by atoms with Crippen LogP contribution in [0, 0.1) is 11.7 Å². The number of rotatable bonds is 5. The molecule has 0 radical (unpaired) electrons. The normalized spacial score (nSPS) is 13.9. The molecule has 21 heavy (non-hydrogen) atoms. The van der Waals surface area contributed by atoms with Crippen molar-refractivity contribution in [2.75, 3.05) is 0 Å². The van der Waals surface area contributed by atoms with E-state index in [1.165, 1.54) is 12.1 Å². The molecule has 2 atom stereocenters. The summed E-state index contributed by atoms with van der Waals surface area (Å²) in [6.45, 7) is 3.29. The second-order valence-corrected chi connectivity index (χ2v) is 5.28. The van der Waals surface area contributed by atoms with E-state index in [1.807, 2.05) is 0 Å². The van der Waals surface area contributed by atoms with Gasteiger partial charge in [-0.1, -0.05) is 36.7 Å². The van der Waals surface area contributed by atoms with Gasteiger partial charge in [-0.15, -0.1) is 0 Å². The minimum Gasteiger partial charge on any atom is -0.481 e. The molecule has 0 fully saturated rings. The standard InChI is InChI=1S/C14H14ClFN2O3/c1-7(8(2)14(19)20)13-17-12(18-21-13)5-9-3-4-10(16)6-11(9)15/h3-4,6-8H,5H2,1-2H3,(H,19,20). The van der Waals surface area contributed by atoms with Gasteiger partial charge in [0.2, 0.25) is 5.89 Å². The molecule has 0 saturated heterocycles. The number of aliphatic carboxylic acids is 1. The molecule has 2 unspecified atom stereocenters. The highest BCUT2D eigenvalue weighted by Crippen LogP contribution is 2.24. The first-order chi connectivity index (χ1) is 9.88. The molecule has 1 N–H and O–H groups in total. The highest BCUT2D eigenvalue weighted by Gasteiger charge is 2.26. The number of carboxylic acid groups (broad SMARTS) is 1. The maximum Gasteiger partial charge on any atom is 0.307 e. The van der Waals surface area contributed by atoms with E-state index in [4.69, 9.17) is 21.2 Å². The Balaban J connectivity index is 2.15. The molecule has 2 rings (SSSR count). The molecule has 1 aromatic carbocycles. The van der Waals surface area contributed by atoms with Crippen LogP contribution in [0.3, 0.4) is 0 Å². The predicted molar refractivity (Wildman–Crippen MR) is 73.7 cm³/mol. The molecule has 1 aromatic heterocycles. The largest absolute Gasteiger partial charge is 0.481 e. The molecule has 0 amide bonds. The Morgan fingerprint density at radius 3 is 2.81 bits per heavy atom. The quantitative estimate of drug-likeness (QED) is 0.917. The third-order valence-electron chi connectivity index (χ3n) is 3.38. The Morgan fingerprint density at radius 1 is 1.48 bits per heavy atom. The third kappa shape index (κ3) is 3.58. The highest BCUT2D eigenvalue weighted by molar-refractivity contribution is 6.31. The molecule has 0 bridgehead atoms. The molecule has 0 aliphatic heterocycles. The summed E-state index contributed by atoms with van der Waals surface area (Å²) < 4.78 is 18.1. The zero-order valence-electron chi connectivity index (χ0n) is 11.5. The van der Waals surface area contributed by atoms with E-state index in [0.29, 0.717) is 11.4 Å². The SMILES string of the molecule is CC(C(=O)O)C(C)c1nc(Cc2ccc(F)cc2Cl)no1. The van der Waals surface area contributed by atoms with Crippen LogP contribution >= 0.6 is 11.6 Å². The molecule has 0 aliphatic rings. The third-order valence-corrected chi connectivity index (χ3v) is 3.73. The Hall–Kier alpha value is -1.95. The summed E-state index contributed by atoms with van der Waals surface area (Å²) in [4.78, 5) is 15.1. The summed E-state index contributed by atoms with van der Waals surface area (Å²) in [6.07, 6.45) is 0.288. The molecule has 0 spiro atoms. The van der Waals surface area contributed by atoms with Crippen molar-refractivity contribution in [3.63, 3.8) is 0 Å². The minimum absolute atomic E-state index is 0.262. The van der Waals surface area contributed by atoms with Crippen molar-refractivity contribution in [3.8, 4) is 0 Å². The van der Waals surface area contributed by atoms with Crippen molar-refractivity contribution < 1.29 is 18.8 Å². The summed E-state index contributed by atoms with van der Waals surface area (Å²) in [5, 5.41) is 13.1. The molecular formula is C14H14ClFN2O3. The summed E-state index contributed by atoms with van der Waals surface area (Å²) >= 11 is 5.94. The molecule has 0 aliphatic carbocycles. The van der Waals surface area contributed by atoms with Crippen LogP contribution in [0.2, 0.25) is 5.02 Å². The molecule has 1 heterocycles. The van der Waals surface area contributed by atoms with Crippen LogP contribution in [0.1, 0.15) is 37.0 Å². The zero-order chi connectivity index (χ0) is 15.6. The fourth-order valence-corrected chi connectivity index (χ4v) is 2.02. The van der Waals surface area contributed by atoms with Crippen molar-refractivity contribution in [2.45, 2.75) is 26.2 Å². The van der Waals surface area contributed by atoms with Gasteiger partial charge in [-0.05, 0) is 17.7 Å². The Morgan fingerprint density at radius 2 is 2.19 bits per heavy atom. The highest BCUT2D eigenvalue weighted by atomic mass is 35.5. The van der Waals surface area contributed by atoms with E-state index in [1.54, 1.807) is 19.9 Å². The summed E-state index contributed by atoms with van der Waals surface area (Å²) in [5.41, 5.74) is 0.671. The lowest BCUT2D eigenvalue weighted by atomic mass is 9.96. The molecule has 7 heteroatoms. The molecule has 2 aromatic rings. The minimum atomic E-state index is -0.927. The first kappa shape index (κ1) is 15.4. The number of hydrogen-bond acceptors (Lipinski definition) is 4. The van der Waals surface area contributed by atoms with Crippen LogP contribution in [0.4, 0.5) is 4.39 Å². The lowest BCUT2D eigenvalue weighted by molar-refractivity contribution is -0.141. The van der Waals surface area contributed by atoms with Gasteiger partial charge in [0, 0.05) is 17.4 Å². The Kier molecular flexibility index (Phi) is 4.57. The Bertz CT molecular complexity index is 659. The number of nitrogens with zero attached hydrogens (tertiary/aromatic N) is 2. The summed E-state index contributed by atoms with van der Waals surface area (Å²) in [6, 6.07) is 4.07. The van der Waals surface area contributed by atoms with Crippen molar-refractivity contribution in [2.24, 2.45) is 5.92 Å². The van der Waals surface area contributed by atoms with Crippen LogP contribution in [-0.4, -0.2) is 21.2 Å². The van der Waals surface area contributed by atoms with Crippen LogP contribution in [0.5, 0.6) is 0 Å². The first-order valence-electron chi connectivity index (χ1n) is 6.37. The van der Waals surface area contributed by atoms with Gasteiger partial charge in [0.25, 0.3) is 0 Å². The molecular weight excluding hydrogens is 299 g/mol. The van der Waals surface area contributed by atoms with Gasteiger partial charge >= 0.3 is 5.97 Å².